The number of nitrogens with zero attached hydrogens (tertiary/aromatic N) is 3. The molecule has 0 saturated carbocycles. The van der Waals surface area contributed by atoms with Crippen LogP contribution < -0.4 is 10.4 Å². The lowest BCUT2D eigenvalue weighted by Gasteiger charge is -2.52. The molecule has 0 saturated heterocycles. The van der Waals surface area contributed by atoms with Gasteiger partial charge in [0.25, 0.3) is 5.91 Å². The van der Waals surface area contributed by atoms with Crippen molar-refractivity contribution in [3.05, 3.63) is 99.0 Å². The zero-order valence-corrected chi connectivity index (χ0v) is 18.9. The highest BCUT2D eigenvalue weighted by Gasteiger charge is 2.45. The van der Waals surface area contributed by atoms with Gasteiger partial charge < -0.3 is 10.0 Å². The SMILES string of the molecule is CC(C)N1C(=O)c2c(O)c(=O)ccn2N2[C@H](c3ccccc3)c3cc(F)c(F)cc3CCC[C@@H]12. The Labute approximate surface area is 195 Å². The van der Waals surface area contributed by atoms with E-state index in [4.69, 9.17) is 0 Å². The Kier molecular flexibility index (Phi) is 5.38. The Bertz CT molecular complexity index is 1320. The fraction of sp³-hybridized carbons (Fsp3) is 0.308. The van der Waals surface area contributed by atoms with Crippen LogP contribution in [-0.2, 0) is 6.42 Å². The van der Waals surface area contributed by atoms with E-state index in [0.29, 0.717) is 30.4 Å². The van der Waals surface area contributed by atoms with Crippen molar-refractivity contribution >= 4 is 5.91 Å². The number of carbonyl (C=O) groups is 1. The van der Waals surface area contributed by atoms with Crippen LogP contribution in [0.25, 0.3) is 0 Å². The summed E-state index contributed by atoms with van der Waals surface area (Å²) >= 11 is 0. The van der Waals surface area contributed by atoms with Crippen LogP contribution >= 0.6 is 0 Å². The Balaban J connectivity index is 1.86. The molecule has 176 valence electrons. The van der Waals surface area contributed by atoms with E-state index < -0.39 is 40.9 Å². The molecule has 2 aliphatic rings. The number of aromatic hydroxyl groups is 1. The van der Waals surface area contributed by atoms with Gasteiger partial charge in [-0.15, -0.1) is 0 Å². The van der Waals surface area contributed by atoms with Crippen molar-refractivity contribution < 1.29 is 18.7 Å². The molecule has 0 bridgehead atoms. The van der Waals surface area contributed by atoms with Gasteiger partial charge in [0.15, 0.2) is 23.1 Å². The second-order valence-electron chi connectivity index (χ2n) is 9.06. The normalized spacial score (nSPS) is 19.9. The topological polar surface area (TPSA) is 65.8 Å². The van der Waals surface area contributed by atoms with E-state index in [9.17, 15) is 23.5 Å². The van der Waals surface area contributed by atoms with Gasteiger partial charge in [-0.3, -0.25) is 19.3 Å². The van der Waals surface area contributed by atoms with Crippen LogP contribution in [0.2, 0.25) is 0 Å². The van der Waals surface area contributed by atoms with Crippen LogP contribution in [0.15, 0.2) is 59.5 Å². The molecule has 6 nitrogen and oxygen atoms in total. The number of aryl methyl sites for hydroxylation is 1. The first-order valence-corrected chi connectivity index (χ1v) is 11.4. The zero-order chi connectivity index (χ0) is 24.1. The third-order valence-electron chi connectivity index (χ3n) is 6.69. The van der Waals surface area contributed by atoms with Crippen molar-refractivity contribution in [2.24, 2.45) is 0 Å². The molecule has 1 aromatic heterocycles. The van der Waals surface area contributed by atoms with Crippen LogP contribution in [0.5, 0.6) is 5.75 Å². The second-order valence-corrected chi connectivity index (χ2v) is 9.06. The lowest BCUT2D eigenvalue weighted by molar-refractivity contribution is 0.0440. The van der Waals surface area contributed by atoms with Gasteiger partial charge in [-0.2, -0.15) is 0 Å². The summed E-state index contributed by atoms with van der Waals surface area (Å²) in [6.07, 6.45) is 2.77. The maximum atomic E-state index is 14.6. The number of halogens is 2. The van der Waals surface area contributed by atoms with Gasteiger partial charge in [0.05, 0.1) is 6.04 Å². The molecule has 0 aliphatic carbocycles. The molecule has 3 heterocycles. The largest absolute Gasteiger partial charge is 0.502 e. The van der Waals surface area contributed by atoms with Crippen LogP contribution in [0.4, 0.5) is 8.78 Å². The fourth-order valence-corrected chi connectivity index (χ4v) is 5.24. The maximum Gasteiger partial charge on any atom is 0.278 e. The average Bonchev–Trinajstić information content (AvgIpc) is 2.80. The van der Waals surface area contributed by atoms with Crippen molar-refractivity contribution in [2.75, 3.05) is 5.01 Å². The molecule has 34 heavy (non-hydrogen) atoms. The molecule has 0 fully saturated rings. The fourth-order valence-electron chi connectivity index (χ4n) is 5.24. The number of aromatic nitrogens is 1. The first kappa shape index (κ1) is 22.1. The quantitative estimate of drug-likeness (QED) is 0.619. The van der Waals surface area contributed by atoms with E-state index in [2.05, 4.69) is 0 Å². The molecule has 1 N–H and O–H groups in total. The summed E-state index contributed by atoms with van der Waals surface area (Å²) in [7, 11) is 0. The lowest BCUT2D eigenvalue weighted by Crippen LogP contribution is -2.64. The van der Waals surface area contributed by atoms with E-state index in [-0.39, 0.29) is 11.7 Å². The van der Waals surface area contributed by atoms with Gasteiger partial charge in [0.2, 0.25) is 5.43 Å². The van der Waals surface area contributed by atoms with Gasteiger partial charge in [0.1, 0.15) is 6.17 Å². The third kappa shape index (κ3) is 3.36. The summed E-state index contributed by atoms with van der Waals surface area (Å²) in [6.45, 7) is 3.76. The van der Waals surface area contributed by atoms with Gasteiger partial charge >= 0.3 is 0 Å². The number of amides is 1. The van der Waals surface area contributed by atoms with Crippen LogP contribution in [-0.4, -0.2) is 32.8 Å². The highest BCUT2D eigenvalue weighted by molar-refractivity contribution is 5.96. The van der Waals surface area contributed by atoms with Crippen molar-refractivity contribution in [1.29, 1.82) is 0 Å². The Morgan fingerprint density at radius 3 is 2.44 bits per heavy atom. The Hall–Kier alpha value is -3.68. The summed E-state index contributed by atoms with van der Waals surface area (Å²) in [5, 5.41) is 12.5. The molecule has 2 atom stereocenters. The van der Waals surface area contributed by atoms with Gasteiger partial charge in [0, 0.05) is 18.3 Å². The molecule has 0 spiro atoms. The highest BCUT2D eigenvalue weighted by Crippen LogP contribution is 2.40. The molecule has 5 rings (SSSR count). The Morgan fingerprint density at radius 2 is 1.74 bits per heavy atom. The average molecular weight is 466 g/mol. The van der Waals surface area contributed by atoms with Crippen molar-refractivity contribution in [1.82, 2.24) is 9.58 Å². The van der Waals surface area contributed by atoms with Crippen LogP contribution in [0.3, 0.4) is 0 Å². The molecular weight excluding hydrogens is 440 g/mol. The standard InChI is InChI=1S/C26H25F2N3O3/c1-15(2)30-22-10-6-9-17-13-19(27)20(28)14-18(17)23(16-7-4-3-5-8-16)31(22)29-12-11-21(32)25(33)24(29)26(30)34/h3-5,7-8,11-15,22-23,33H,6,9-10H2,1-2H3/t22-,23+/m0/s1. The predicted octanol–water partition coefficient (Wildman–Crippen LogP) is 4.09. The number of carbonyl (C=O) groups excluding carboxylic acids is 1. The molecule has 0 unspecified atom stereocenters. The number of rotatable bonds is 2. The molecule has 8 heteroatoms. The lowest BCUT2D eigenvalue weighted by atomic mass is 9.88. The zero-order valence-electron chi connectivity index (χ0n) is 18.9. The van der Waals surface area contributed by atoms with Gasteiger partial charge in [-0.05, 0) is 61.9 Å². The van der Waals surface area contributed by atoms with Crippen LogP contribution in [0, 0.1) is 11.6 Å². The summed E-state index contributed by atoms with van der Waals surface area (Å²) in [5.74, 6) is -2.92. The summed E-state index contributed by atoms with van der Waals surface area (Å²) in [4.78, 5) is 27.5. The maximum absolute atomic E-state index is 14.6. The third-order valence-corrected chi connectivity index (χ3v) is 6.69. The molecule has 1 amide bonds. The van der Waals surface area contributed by atoms with Gasteiger partial charge in [-0.25, -0.2) is 8.78 Å². The van der Waals surface area contributed by atoms with E-state index >= 15 is 0 Å². The molecule has 2 aromatic carbocycles. The first-order valence-electron chi connectivity index (χ1n) is 11.4. The molecular formula is C26H25F2N3O3. The minimum Gasteiger partial charge on any atom is -0.502 e. The Morgan fingerprint density at radius 1 is 1.03 bits per heavy atom. The predicted molar refractivity (Wildman–Crippen MR) is 123 cm³/mol. The van der Waals surface area contributed by atoms with E-state index in [1.165, 1.54) is 29.1 Å². The number of fused-ring (bicyclic) bond motifs is 4. The van der Waals surface area contributed by atoms with Crippen LogP contribution in [0.1, 0.15) is 59.9 Å². The number of hydrogen-bond donors (Lipinski definition) is 1. The van der Waals surface area contributed by atoms with E-state index in [1.807, 2.05) is 49.2 Å². The molecule has 2 aliphatic heterocycles. The number of pyridine rings is 1. The second kappa shape index (κ2) is 8.27. The van der Waals surface area contributed by atoms with Crippen molar-refractivity contribution in [2.45, 2.75) is 51.4 Å². The minimum atomic E-state index is -0.950. The summed E-state index contributed by atoms with van der Waals surface area (Å²) in [5.41, 5.74) is 1.29. The van der Waals surface area contributed by atoms with E-state index in [0.717, 1.165) is 5.56 Å². The smallest absolute Gasteiger partial charge is 0.278 e. The monoisotopic (exact) mass is 465 g/mol. The van der Waals surface area contributed by atoms with E-state index in [1.54, 1.807) is 4.90 Å². The number of hydrogen-bond acceptors (Lipinski definition) is 4. The molecule has 0 radical (unpaired) electrons. The summed E-state index contributed by atoms with van der Waals surface area (Å²) < 4.78 is 30.3. The van der Waals surface area contributed by atoms with Gasteiger partial charge in [-0.1, -0.05) is 30.3 Å². The first-order chi connectivity index (χ1) is 16.3. The molecule has 3 aromatic rings. The summed E-state index contributed by atoms with van der Waals surface area (Å²) in [6, 6.07) is 12.2. The minimum absolute atomic E-state index is 0.136. The number of benzene rings is 2. The van der Waals surface area contributed by atoms with Crippen molar-refractivity contribution in [3.63, 3.8) is 0 Å². The van der Waals surface area contributed by atoms with Crippen molar-refractivity contribution in [3.8, 4) is 5.75 Å². The highest BCUT2D eigenvalue weighted by atomic mass is 19.2.